The molecule has 0 saturated heterocycles. The molecule has 0 atom stereocenters. The van der Waals surface area contributed by atoms with Crippen molar-refractivity contribution in [1.29, 1.82) is 0 Å². The van der Waals surface area contributed by atoms with Crippen LogP contribution < -0.4 is 11.5 Å². The molecule has 0 aliphatic heterocycles. The van der Waals surface area contributed by atoms with E-state index >= 15 is 0 Å². The third-order valence-electron chi connectivity index (χ3n) is 1.18. The van der Waals surface area contributed by atoms with Crippen LogP contribution >= 0.6 is 0 Å². The SMILES string of the molecule is [NH]c1cc([NH])cc(C(=O)O)c1. The monoisotopic (exact) mass is 150 g/mol. The zero-order valence-corrected chi connectivity index (χ0v) is 5.59. The first-order chi connectivity index (χ1) is 5.09. The molecule has 1 aromatic carbocycles. The topological polar surface area (TPSA) is 84.9 Å². The van der Waals surface area contributed by atoms with Gasteiger partial charge >= 0.3 is 5.97 Å². The molecule has 0 aliphatic carbocycles. The van der Waals surface area contributed by atoms with Crippen molar-refractivity contribution in [2.24, 2.45) is 0 Å². The van der Waals surface area contributed by atoms with Crippen molar-refractivity contribution in [3.05, 3.63) is 23.8 Å². The van der Waals surface area contributed by atoms with E-state index in [9.17, 15) is 4.79 Å². The quantitative estimate of drug-likeness (QED) is 0.652. The van der Waals surface area contributed by atoms with Crippen molar-refractivity contribution in [2.75, 3.05) is 0 Å². The van der Waals surface area contributed by atoms with Gasteiger partial charge in [0.2, 0.25) is 0 Å². The molecule has 11 heavy (non-hydrogen) atoms. The molecule has 2 radical (unpaired) electrons. The van der Waals surface area contributed by atoms with E-state index in [4.69, 9.17) is 16.6 Å². The van der Waals surface area contributed by atoms with Gasteiger partial charge in [0.15, 0.2) is 0 Å². The van der Waals surface area contributed by atoms with Crippen molar-refractivity contribution in [3.63, 3.8) is 0 Å². The van der Waals surface area contributed by atoms with Crippen molar-refractivity contribution >= 4 is 17.3 Å². The molecule has 1 aromatic rings. The van der Waals surface area contributed by atoms with Gasteiger partial charge in [-0.05, 0) is 18.2 Å². The maximum atomic E-state index is 10.3. The fourth-order valence-corrected chi connectivity index (χ4v) is 0.751. The van der Waals surface area contributed by atoms with Gasteiger partial charge in [-0.3, -0.25) is 0 Å². The average Bonchev–Trinajstić information content (AvgIpc) is 1.85. The normalized spacial score (nSPS) is 9.45. The van der Waals surface area contributed by atoms with Gasteiger partial charge in [-0.2, -0.15) is 0 Å². The second-order valence-electron chi connectivity index (χ2n) is 2.10. The first kappa shape index (κ1) is 7.40. The lowest BCUT2D eigenvalue weighted by atomic mass is 10.2. The first-order valence-corrected chi connectivity index (χ1v) is 2.91. The second-order valence-corrected chi connectivity index (χ2v) is 2.10. The third-order valence-corrected chi connectivity index (χ3v) is 1.18. The summed E-state index contributed by atoms with van der Waals surface area (Å²) in [5.74, 6) is -1.10. The van der Waals surface area contributed by atoms with Crippen LogP contribution in [0.3, 0.4) is 0 Å². The van der Waals surface area contributed by atoms with E-state index < -0.39 is 5.97 Å². The van der Waals surface area contributed by atoms with E-state index in [2.05, 4.69) is 0 Å². The van der Waals surface area contributed by atoms with Crippen LogP contribution in [0.4, 0.5) is 11.4 Å². The summed E-state index contributed by atoms with van der Waals surface area (Å²) in [7, 11) is 0. The Morgan fingerprint density at radius 3 is 2.00 bits per heavy atom. The van der Waals surface area contributed by atoms with Crippen molar-refractivity contribution in [2.45, 2.75) is 0 Å². The molecule has 0 aromatic heterocycles. The molecule has 0 saturated carbocycles. The Bertz CT molecular complexity index is 276. The van der Waals surface area contributed by atoms with Crippen LogP contribution in [-0.4, -0.2) is 11.1 Å². The zero-order chi connectivity index (χ0) is 8.43. The number of rotatable bonds is 1. The van der Waals surface area contributed by atoms with Gasteiger partial charge in [0, 0.05) is 0 Å². The van der Waals surface area contributed by atoms with E-state index in [0.29, 0.717) is 0 Å². The molecule has 0 amide bonds. The Kier molecular flexibility index (Phi) is 1.68. The highest BCUT2D eigenvalue weighted by molar-refractivity contribution is 5.89. The number of hydrogen-bond acceptors (Lipinski definition) is 1. The number of carboxylic acids is 1. The molecule has 0 fully saturated rings. The summed E-state index contributed by atoms with van der Waals surface area (Å²) in [5, 5.41) is 8.47. The summed E-state index contributed by atoms with van der Waals surface area (Å²) in [4.78, 5) is 10.3. The van der Waals surface area contributed by atoms with E-state index in [0.717, 1.165) is 0 Å². The Morgan fingerprint density at radius 1 is 1.18 bits per heavy atom. The fourth-order valence-electron chi connectivity index (χ4n) is 0.751. The van der Waals surface area contributed by atoms with Crippen LogP contribution in [0.2, 0.25) is 0 Å². The minimum Gasteiger partial charge on any atom is -0.478 e. The Labute approximate surface area is 63.4 Å². The highest BCUT2D eigenvalue weighted by Gasteiger charge is 2.03. The number of carboxylic acid groups (broad SMARTS) is 1. The van der Waals surface area contributed by atoms with Crippen LogP contribution in [0.25, 0.3) is 0 Å². The molecule has 0 heterocycles. The lowest BCUT2D eigenvalue weighted by molar-refractivity contribution is 0.0697. The van der Waals surface area contributed by atoms with Gasteiger partial charge in [-0.15, -0.1) is 0 Å². The van der Waals surface area contributed by atoms with Crippen molar-refractivity contribution < 1.29 is 9.90 Å². The van der Waals surface area contributed by atoms with Gasteiger partial charge in [-0.25, -0.2) is 4.79 Å². The maximum Gasteiger partial charge on any atom is 0.335 e. The van der Waals surface area contributed by atoms with Crippen LogP contribution in [0, 0.1) is 0 Å². The average molecular weight is 150 g/mol. The molecule has 3 N–H and O–H groups in total. The van der Waals surface area contributed by atoms with E-state index in [1.807, 2.05) is 0 Å². The summed E-state index contributed by atoms with van der Waals surface area (Å²) in [6, 6.07) is 3.70. The van der Waals surface area contributed by atoms with E-state index in [-0.39, 0.29) is 16.9 Å². The lowest BCUT2D eigenvalue weighted by Gasteiger charge is -1.96. The molecule has 0 aliphatic rings. The molecule has 1 rings (SSSR count). The molecule has 4 nitrogen and oxygen atoms in total. The Hall–Kier alpha value is -1.71. The molecular weight excluding hydrogens is 144 g/mol. The summed E-state index contributed by atoms with van der Waals surface area (Å²) < 4.78 is 0. The van der Waals surface area contributed by atoms with Gasteiger partial charge in [0.1, 0.15) is 0 Å². The number of nitrogens with one attached hydrogen (secondary N) is 2. The highest BCUT2D eigenvalue weighted by Crippen LogP contribution is 2.15. The predicted octanol–water partition coefficient (Wildman–Crippen LogP) is 1.21. The smallest absolute Gasteiger partial charge is 0.335 e. The largest absolute Gasteiger partial charge is 0.478 e. The minimum atomic E-state index is -1.10. The molecule has 0 unspecified atom stereocenters. The van der Waals surface area contributed by atoms with Gasteiger partial charge < -0.3 is 16.6 Å². The molecular formula is C7H6N2O2. The number of benzene rings is 1. The van der Waals surface area contributed by atoms with Crippen molar-refractivity contribution in [3.8, 4) is 0 Å². The number of aromatic carboxylic acids is 1. The summed E-state index contributed by atoms with van der Waals surface area (Å²) in [6.45, 7) is 0. The van der Waals surface area contributed by atoms with Crippen molar-refractivity contribution in [1.82, 2.24) is 11.5 Å². The van der Waals surface area contributed by atoms with Gasteiger partial charge in [0.25, 0.3) is 0 Å². The molecule has 0 spiro atoms. The number of hydrogen-bond donors (Lipinski definition) is 1. The van der Waals surface area contributed by atoms with Crippen LogP contribution in [0.15, 0.2) is 18.2 Å². The lowest BCUT2D eigenvalue weighted by Crippen LogP contribution is -1.95. The number of carbonyl (C=O) groups is 1. The standard InChI is InChI=1S/C7H6N2O2/c8-5-1-4(7(10)11)2-6(9)3-5/h1-3,8-9H,(H,10,11). The Morgan fingerprint density at radius 2 is 1.64 bits per heavy atom. The zero-order valence-electron chi connectivity index (χ0n) is 5.59. The summed E-state index contributed by atoms with van der Waals surface area (Å²) >= 11 is 0. The summed E-state index contributed by atoms with van der Waals surface area (Å²) in [6.07, 6.45) is 0. The Balaban J connectivity index is 3.19. The first-order valence-electron chi connectivity index (χ1n) is 2.91. The van der Waals surface area contributed by atoms with E-state index in [1.165, 1.54) is 18.2 Å². The molecule has 0 bridgehead atoms. The minimum absolute atomic E-state index is 0.0116. The third kappa shape index (κ3) is 1.61. The van der Waals surface area contributed by atoms with E-state index in [1.54, 1.807) is 0 Å². The van der Waals surface area contributed by atoms with Crippen LogP contribution in [-0.2, 0) is 0 Å². The second kappa shape index (κ2) is 2.49. The summed E-state index contributed by atoms with van der Waals surface area (Å²) in [5.41, 5.74) is 14.3. The van der Waals surface area contributed by atoms with Gasteiger partial charge in [0.05, 0.1) is 16.9 Å². The highest BCUT2D eigenvalue weighted by atomic mass is 16.4. The van der Waals surface area contributed by atoms with Crippen LogP contribution in [0.1, 0.15) is 10.4 Å². The fraction of sp³-hybridized carbons (Fsp3) is 0. The molecule has 4 heteroatoms. The van der Waals surface area contributed by atoms with Gasteiger partial charge in [-0.1, -0.05) is 0 Å². The molecule has 56 valence electrons. The van der Waals surface area contributed by atoms with Crippen LogP contribution in [0.5, 0.6) is 0 Å². The predicted molar refractivity (Wildman–Crippen MR) is 38.9 cm³/mol. The maximum absolute atomic E-state index is 10.3.